The quantitative estimate of drug-likeness (QED) is 0.437. The first-order chi connectivity index (χ1) is 17.0. The molecule has 0 atom stereocenters. The van der Waals surface area contributed by atoms with Crippen molar-refractivity contribution >= 4 is 34.5 Å². The van der Waals surface area contributed by atoms with E-state index < -0.39 is 12.0 Å². The lowest BCUT2D eigenvalue weighted by Crippen LogP contribution is -2.48. The van der Waals surface area contributed by atoms with Gasteiger partial charge in [0.15, 0.2) is 5.65 Å². The molecule has 192 valence electrons. The number of alkyl carbamates (subject to hydrolysis) is 1. The van der Waals surface area contributed by atoms with Crippen LogP contribution in [0.4, 0.5) is 19.4 Å². The van der Waals surface area contributed by atoms with Gasteiger partial charge < -0.3 is 15.0 Å². The van der Waals surface area contributed by atoms with E-state index in [2.05, 4.69) is 25.3 Å². The Balaban J connectivity index is 1.34. The van der Waals surface area contributed by atoms with E-state index in [0.29, 0.717) is 28.5 Å². The molecule has 1 saturated heterocycles. The predicted octanol–water partition coefficient (Wildman–Crippen LogP) is 5.68. The Hall–Kier alpha value is -3.01. The van der Waals surface area contributed by atoms with E-state index in [1.807, 2.05) is 20.8 Å². The number of nitrogens with zero attached hydrogens (tertiary/aromatic N) is 5. The van der Waals surface area contributed by atoms with E-state index >= 15 is 0 Å². The number of hydrogen-bond acceptors (Lipinski definition) is 6. The molecule has 8 nitrogen and oxygen atoms in total. The van der Waals surface area contributed by atoms with Crippen LogP contribution in [0.25, 0.3) is 16.7 Å². The summed E-state index contributed by atoms with van der Waals surface area (Å²) >= 11 is 6.29. The van der Waals surface area contributed by atoms with Crippen LogP contribution in [-0.4, -0.2) is 50.1 Å². The minimum atomic E-state index is -2.58. The normalized spacial score (nSPS) is 18.0. The molecular weight excluding hydrogens is 490 g/mol. The Morgan fingerprint density at radius 2 is 1.94 bits per heavy atom. The smallest absolute Gasteiger partial charge is 0.408 e. The number of ether oxygens (including phenoxy) is 1. The second kappa shape index (κ2) is 9.14. The number of rotatable bonds is 5. The number of nitrogens with one attached hydrogen (secondary N) is 1. The Morgan fingerprint density at radius 1 is 1.22 bits per heavy atom. The fraction of sp³-hybridized carbons (Fsp3) is 0.520. The molecule has 0 spiro atoms. The van der Waals surface area contributed by atoms with Gasteiger partial charge in [-0.2, -0.15) is 15.1 Å². The van der Waals surface area contributed by atoms with Crippen molar-refractivity contribution < 1.29 is 18.3 Å². The average molecular weight is 519 g/mol. The summed E-state index contributed by atoms with van der Waals surface area (Å²) in [7, 11) is 0. The van der Waals surface area contributed by atoms with Gasteiger partial charge in [0.2, 0.25) is 5.28 Å². The van der Waals surface area contributed by atoms with Crippen molar-refractivity contribution in [3.8, 4) is 5.69 Å². The van der Waals surface area contributed by atoms with Crippen LogP contribution in [0.1, 0.15) is 58.4 Å². The third-order valence-corrected chi connectivity index (χ3v) is 7.03. The topological polar surface area (TPSA) is 85.2 Å². The highest BCUT2D eigenvalue weighted by molar-refractivity contribution is 6.28. The van der Waals surface area contributed by atoms with Gasteiger partial charge in [0.05, 0.1) is 17.3 Å². The summed E-state index contributed by atoms with van der Waals surface area (Å²) in [4.78, 5) is 23.4. The molecular formula is C25H29ClF2N6O2. The van der Waals surface area contributed by atoms with E-state index in [-0.39, 0.29) is 22.5 Å². The van der Waals surface area contributed by atoms with Crippen LogP contribution in [0.3, 0.4) is 0 Å². The van der Waals surface area contributed by atoms with Gasteiger partial charge in [-0.15, -0.1) is 0 Å². The van der Waals surface area contributed by atoms with Crippen molar-refractivity contribution in [1.82, 2.24) is 25.1 Å². The summed E-state index contributed by atoms with van der Waals surface area (Å²) < 4.78 is 33.4. The molecule has 0 bridgehead atoms. The summed E-state index contributed by atoms with van der Waals surface area (Å²) in [6, 6.07) is 6.04. The standard InChI is InChI=1S/C25H29ClF2N6O2/c1-24(2,3)36-23(35)32-25(9-10-25)16-7-11-33(12-8-16)20-18-14-29-34(21(18)31-22(26)30-20)17-6-4-5-15(13-17)19(27)28/h4-6,13-14,16,19H,7-12H2,1-3H3,(H,32,35). The Morgan fingerprint density at radius 3 is 2.58 bits per heavy atom. The van der Waals surface area contributed by atoms with Crippen molar-refractivity contribution in [2.24, 2.45) is 5.92 Å². The van der Waals surface area contributed by atoms with Crippen molar-refractivity contribution in [3.05, 3.63) is 41.3 Å². The summed E-state index contributed by atoms with van der Waals surface area (Å²) in [6.45, 7) is 7.04. The van der Waals surface area contributed by atoms with Gasteiger partial charge in [0.25, 0.3) is 6.43 Å². The first kappa shape index (κ1) is 24.7. The Labute approximate surface area is 213 Å². The maximum atomic E-state index is 13.2. The number of halogens is 3. The number of fused-ring (bicyclic) bond motifs is 1. The zero-order valence-electron chi connectivity index (χ0n) is 20.5. The van der Waals surface area contributed by atoms with Gasteiger partial charge in [0, 0.05) is 24.2 Å². The third kappa shape index (κ3) is 4.96. The van der Waals surface area contributed by atoms with Crippen LogP contribution in [0, 0.1) is 5.92 Å². The zero-order valence-corrected chi connectivity index (χ0v) is 21.2. The molecule has 11 heteroatoms. The maximum absolute atomic E-state index is 13.2. The van der Waals surface area contributed by atoms with Crippen LogP contribution < -0.4 is 10.2 Å². The first-order valence-electron chi connectivity index (χ1n) is 12.1. The van der Waals surface area contributed by atoms with Gasteiger partial charge in [-0.1, -0.05) is 12.1 Å². The lowest BCUT2D eigenvalue weighted by molar-refractivity contribution is 0.0467. The van der Waals surface area contributed by atoms with Gasteiger partial charge >= 0.3 is 6.09 Å². The predicted molar refractivity (Wildman–Crippen MR) is 133 cm³/mol. The molecule has 0 radical (unpaired) electrons. The van der Waals surface area contributed by atoms with E-state index in [9.17, 15) is 13.6 Å². The van der Waals surface area contributed by atoms with Gasteiger partial charge in [-0.3, -0.25) is 0 Å². The molecule has 3 heterocycles. The number of aromatic nitrogens is 4. The van der Waals surface area contributed by atoms with Crippen molar-refractivity contribution in [1.29, 1.82) is 0 Å². The highest BCUT2D eigenvalue weighted by Gasteiger charge is 2.51. The minimum Gasteiger partial charge on any atom is -0.444 e. The molecule has 2 aliphatic rings. The highest BCUT2D eigenvalue weighted by atomic mass is 35.5. The lowest BCUT2D eigenvalue weighted by atomic mass is 9.87. The molecule has 36 heavy (non-hydrogen) atoms. The number of carbonyl (C=O) groups excluding carboxylic acids is 1. The SMILES string of the molecule is CC(C)(C)OC(=O)NC1(C2CCN(c3nc(Cl)nc4c3cnn4-c3cccc(C(F)F)c3)CC2)CC1. The fourth-order valence-corrected chi connectivity index (χ4v) is 5.17. The molecule has 1 amide bonds. The van der Waals surface area contributed by atoms with Crippen LogP contribution in [0.5, 0.6) is 0 Å². The average Bonchev–Trinajstić information content (AvgIpc) is 3.47. The van der Waals surface area contributed by atoms with Crippen molar-refractivity contribution in [2.75, 3.05) is 18.0 Å². The Bertz CT molecular complexity index is 1280. The van der Waals surface area contributed by atoms with Crippen LogP contribution in [0.15, 0.2) is 30.5 Å². The number of piperidine rings is 1. The lowest BCUT2D eigenvalue weighted by Gasteiger charge is -2.37. The number of amides is 1. The van der Waals surface area contributed by atoms with Crippen LogP contribution >= 0.6 is 11.6 Å². The molecule has 5 rings (SSSR count). The van der Waals surface area contributed by atoms with Gasteiger partial charge in [-0.05, 0) is 76.1 Å². The number of anilines is 1. The highest BCUT2D eigenvalue weighted by Crippen LogP contribution is 2.47. The second-order valence-electron chi connectivity index (χ2n) is 10.5. The van der Waals surface area contributed by atoms with Crippen molar-refractivity contribution in [2.45, 2.75) is 64.0 Å². The van der Waals surface area contributed by atoms with E-state index in [1.54, 1.807) is 18.3 Å². The van der Waals surface area contributed by atoms with E-state index in [0.717, 1.165) is 38.8 Å². The summed E-state index contributed by atoms with van der Waals surface area (Å²) in [6.07, 6.45) is 2.36. The fourth-order valence-electron chi connectivity index (χ4n) is 5.01. The van der Waals surface area contributed by atoms with E-state index in [4.69, 9.17) is 16.3 Å². The van der Waals surface area contributed by atoms with Crippen molar-refractivity contribution in [3.63, 3.8) is 0 Å². The molecule has 1 saturated carbocycles. The number of benzene rings is 1. The van der Waals surface area contributed by atoms with Crippen LogP contribution in [0.2, 0.25) is 5.28 Å². The number of hydrogen-bond donors (Lipinski definition) is 1. The van der Waals surface area contributed by atoms with E-state index in [1.165, 1.54) is 16.8 Å². The maximum Gasteiger partial charge on any atom is 0.408 e. The molecule has 1 aromatic carbocycles. The third-order valence-electron chi connectivity index (χ3n) is 6.86. The van der Waals surface area contributed by atoms with Gasteiger partial charge in [-0.25, -0.2) is 18.3 Å². The monoisotopic (exact) mass is 518 g/mol. The largest absolute Gasteiger partial charge is 0.444 e. The summed E-state index contributed by atoms with van der Waals surface area (Å²) in [5.41, 5.74) is 0.113. The molecule has 2 aromatic heterocycles. The number of carbonyl (C=O) groups is 1. The summed E-state index contributed by atoms with van der Waals surface area (Å²) in [5.74, 6) is 1.01. The molecule has 0 unspecified atom stereocenters. The first-order valence-corrected chi connectivity index (χ1v) is 12.5. The molecule has 3 aromatic rings. The summed E-state index contributed by atoms with van der Waals surface area (Å²) in [5, 5.41) is 8.31. The molecule has 1 aliphatic carbocycles. The number of alkyl halides is 2. The molecule has 1 aliphatic heterocycles. The van der Waals surface area contributed by atoms with Crippen LogP contribution in [-0.2, 0) is 4.74 Å². The molecule has 2 fully saturated rings. The molecule has 1 N–H and O–H groups in total. The zero-order chi connectivity index (χ0) is 25.7. The minimum absolute atomic E-state index is 0.0663. The second-order valence-corrected chi connectivity index (χ2v) is 10.9. The van der Waals surface area contributed by atoms with Gasteiger partial charge in [0.1, 0.15) is 11.4 Å². The Kier molecular flexibility index (Phi) is 6.26.